The minimum absolute atomic E-state index is 0.285. The summed E-state index contributed by atoms with van der Waals surface area (Å²) in [6, 6.07) is 6.83. The second-order valence-electron chi connectivity index (χ2n) is 4.66. The van der Waals surface area contributed by atoms with Gasteiger partial charge in [0.2, 0.25) is 0 Å². The van der Waals surface area contributed by atoms with E-state index >= 15 is 0 Å². The van der Waals surface area contributed by atoms with Crippen LogP contribution < -0.4 is 10.6 Å². The molecule has 0 amide bonds. The van der Waals surface area contributed by atoms with Crippen molar-refractivity contribution in [3.8, 4) is 0 Å². The molecule has 1 aromatic heterocycles. The number of nitrogens with one attached hydrogen (secondary N) is 2. The predicted molar refractivity (Wildman–Crippen MR) is 80.0 cm³/mol. The van der Waals surface area contributed by atoms with Gasteiger partial charge in [0.25, 0.3) is 0 Å². The molecule has 0 saturated heterocycles. The fourth-order valence-corrected chi connectivity index (χ4v) is 1.88. The van der Waals surface area contributed by atoms with E-state index in [1.807, 2.05) is 13.0 Å². The van der Waals surface area contributed by atoms with Crippen molar-refractivity contribution < 1.29 is 4.39 Å². The first-order valence-electron chi connectivity index (χ1n) is 6.71. The minimum atomic E-state index is -0.285. The Hall–Kier alpha value is -2.17. The Morgan fingerprint density at radius 3 is 2.55 bits per heavy atom. The molecule has 0 radical (unpaired) electrons. The molecule has 0 aliphatic rings. The van der Waals surface area contributed by atoms with Gasteiger partial charge in [-0.3, -0.25) is 0 Å². The third-order valence-corrected chi connectivity index (χ3v) is 2.89. The third kappa shape index (κ3) is 3.44. The molecule has 0 saturated carbocycles. The lowest BCUT2D eigenvalue weighted by molar-refractivity contribution is 0.630. The average molecular weight is 274 g/mol. The number of anilines is 3. The maximum atomic E-state index is 13.8. The summed E-state index contributed by atoms with van der Waals surface area (Å²) in [7, 11) is 1.80. The van der Waals surface area contributed by atoms with Gasteiger partial charge in [0.15, 0.2) is 0 Å². The Morgan fingerprint density at radius 2 is 1.90 bits per heavy atom. The van der Waals surface area contributed by atoms with Crippen LogP contribution >= 0.6 is 0 Å². The van der Waals surface area contributed by atoms with Crippen LogP contribution in [-0.2, 0) is 6.42 Å². The third-order valence-electron chi connectivity index (χ3n) is 2.89. The first-order valence-corrected chi connectivity index (χ1v) is 6.71. The van der Waals surface area contributed by atoms with Crippen molar-refractivity contribution in [1.29, 1.82) is 0 Å². The van der Waals surface area contributed by atoms with Crippen molar-refractivity contribution in [1.82, 2.24) is 9.97 Å². The normalized spacial score (nSPS) is 10.4. The SMILES string of the molecule is CCCc1nc(NC)cc(Nc2ccc(C)cc2F)n1. The molecule has 2 rings (SSSR count). The molecular formula is C15H19FN4. The minimum Gasteiger partial charge on any atom is -0.373 e. The first-order chi connectivity index (χ1) is 9.62. The Bertz CT molecular complexity index is 598. The molecule has 0 spiro atoms. The lowest BCUT2D eigenvalue weighted by atomic mass is 10.2. The molecule has 0 fully saturated rings. The standard InChI is InChI=1S/C15H19FN4/c1-4-5-13-19-14(17-3)9-15(20-13)18-12-7-6-10(2)8-11(12)16/h6-9H,4-5H2,1-3H3,(H2,17,18,19,20). The van der Waals surface area contributed by atoms with Gasteiger partial charge in [0.05, 0.1) is 5.69 Å². The van der Waals surface area contributed by atoms with Crippen LogP contribution in [0.25, 0.3) is 0 Å². The van der Waals surface area contributed by atoms with Crippen LogP contribution in [0, 0.1) is 12.7 Å². The number of hydrogen-bond acceptors (Lipinski definition) is 4. The number of aromatic nitrogens is 2. The summed E-state index contributed by atoms with van der Waals surface area (Å²) in [6.07, 6.45) is 1.76. The van der Waals surface area contributed by atoms with E-state index in [9.17, 15) is 4.39 Å². The predicted octanol–water partition coefficient (Wildman–Crippen LogP) is 3.66. The molecule has 0 atom stereocenters. The Morgan fingerprint density at radius 1 is 1.15 bits per heavy atom. The topological polar surface area (TPSA) is 49.8 Å². The Balaban J connectivity index is 2.29. The van der Waals surface area contributed by atoms with Crippen molar-refractivity contribution in [3.63, 3.8) is 0 Å². The number of halogens is 1. The zero-order valence-corrected chi connectivity index (χ0v) is 12.0. The van der Waals surface area contributed by atoms with E-state index in [0.29, 0.717) is 11.5 Å². The van der Waals surface area contributed by atoms with Gasteiger partial charge in [-0.2, -0.15) is 0 Å². The summed E-state index contributed by atoms with van der Waals surface area (Å²) < 4.78 is 13.8. The molecule has 4 nitrogen and oxygen atoms in total. The van der Waals surface area contributed by atoms with E-state index < -0.39 is 0 Å². The van der Waals surface area contributed by atoms with Crippen LogP contribution in [0.4, 0.5) is 21.7 Å². The highest BCUT2D eigenvalue weighted by Gasteiger charge is 2.07. The molecule has 2 aromatic rings. The molecule has 1 aromatic carbocycles. The van der Waals surface area contributed by atoms with E-state index in [4.69, 9.17) is 0 Å². The van der Waals surface area contributed by atoms with Crippen molar-refractivity contribution in [2.75, 3.05) is 17.7 Å². The average Bonchev–Trinajstić information content (AvgIpc) is 2.42. The van der Waals surface area contributed by atoms with E-state index in [0.717, 1.165) is 30.0 Å². The lowest BCUT2D eigenvalue weighted by Crippen LogP contribution is -2.04. The van der Waals surface area contributed by atoms with Gasteiger partial charge in [-0.1, -0.05) is 13.0 Å². The van der Waals surface area contributed by atoms with Crippen molar-refractivity contribution in [2.45, 2.75) is 26.7 Å². The van der Waals surface area contributed by atoms with Crippen LogP contribution in [0.1, 0.15) is 24.7 Å². The Labute approximate surface area is 118 Å². The zero-order valence-electron chi connectivity index (χ0n) is 12.0. The van der Waals surface area contributed by atoms with Crippen LogP contribution in [0.5, 0.6) is 0 Å². The summed E-state index contributed by atoms with van der Waals surface area (Å²) in [5.74, 6) is 1.77. The molecule has 106 valence electrons. The molecular weight excluding hydrogens is 255 g/mol. The molecule has 0 aliphatic carbocycles. The molecule has 0 bridgehead atoms. The fraction of sp³-hybridized carbons (Fsp3) is 0.333. The maximum absolute atomic E-state index is 13.8. The van der Waals surface area contributed by atoms with Crippen molar-refractivity contribution in [3.05, 3.63) is 41.5 Å². The zero-order chi connectivity index (χ0) is 14.5. The molecule has 2 N–H and O–H groups in total. The van der Waals surface area contributed by atoms with Gasteiger partial charge in [-0.05, 0) is 31.0 Å². The smallest absolute Gasteiger partial charge is 0.146 e. The highest BCUT2D eigenvalue weighted by Crippen LogP contribution is 2.21. The molecule has 0 aliphatic heterocycles. The number of nitrogens with zero attached hydrogens (tertiary/aromatic N) is 2. The van der Waals surface area contributed by atoms with Gasteiger partial charge < -0.3 is 10.6 Å². The first kappa shape index (κ1) is 14.2. The van der Waals surface area contributed by atoms with E-state index in [-0.39, 0.29) is 5.82 Å². The van der Waals surface area contributed by atoms with Crippen molar-refractivity contribution in [2.24, 2.45) is 0 Å². The summed E-state index contributed by atoms with van der Waals surface area (Å²) >= 11 is 0. The second-order valence-corrected chi connectivity index (χ2v) is 4.66. The second kappa shape index (κ2) is 6.32. The molecule has 20 heavy (non-hydrogen) atoms. The van der Waals surface area contributed by atoms with E-state index in [2.05, 4.69) is 27.5 Å². The van der Waals surface area contributed by atoms with Crippen LogP contribution in [0.3, 0.4) is 0 Å². The fourth-order valence-electron chi connectivity index (χ4n) is 1.88. The van der Waals surface area contributed by atoms with E-state index in [1.54, 1.807) is 19.2 Å². The van der Waals surface area contributed by atoms with E-state index in [1.165, 1.54) is 6.07 Å². The number of hydrogen-bond donors (Lipinski definition) is 2. The van der Waals surface area contributed by atoms with Gasteiger partial charge in [0.1, 0.15) is 23.3 Å². The van der Waals surface area contributed by atoms with Crippen molar-refractivity contribution >= 4 is 17.3 Å². The summed E-state index contributed by atoms with van der Waals surface area (Å²) in [4.78, 5) is 8.76. The van der Waals surface area contributed by atoms with Crippen LogP contribution in [-0.4, -0.2) is 17.0 Å². The molecule has 1 heterocycles. The quantitative estimate of drug-likeness (QED) is 0.873. The highest BCUT2D eigenvalue weighted by atomic mass is 19.1. The van der Waals surface area contributed by atoms with Crippen LogP contribution in [0.2, 0.25) is 0 Å². The number of benzene rings is 1. The monoisotopic (exact) mass is 274 g/mol. The summed E-state index contributed by atoms with van der Waals surface area (Å²) in [5.41, 5.74) is 1.30. The summed E-state index contributed by atoms with van der Waals surface area (Å²) in [6.45, 7) is 3.93. The van der Waals surface area contributed by atoms with Gasteiger partial charge >= 0.3 is 0 Å². The largest absolute Gasteiger partial charge is 0.373 e. The maximum Gasteiger partial charge on any atom is 0.146 e. The van der Waals surface area contributed by atoms with Gasteiger partial charge in [-0.25, -0.2) is 14.4 Å². The van der Waals surface area contributed by atoms with Crippen LogP contribution in [0.15, 0.2) is 24.3 Å². The van der Waals surface area contributed by atoms with Gasteiger partial charge in [0, 0.05) is 19.5 Å². The highest BCUT2D eigenvalue weighted by molar-refractivity contribution is 5.60. The molecule has 0 unspecified atom stereocenters. The van der Waals surface area contributed by atoms with Gasteiger partial charge in [-0.15, -0.1) is 0 Å². The molecule has 5 heteroatoms. The number of aryl methyl sites for hydroxylation is 2. The number of rotatable bonds is 5. The Kier molecular flexibility index (Phi) is 4.50. The lowest BCUT2D eigenvalue weighted by Gasteiger charge is -2.10. The summed E-state index contributed by atoms with van der Waals surface area (Å²) in [5, 5.41) is 6.00.